The minimum absolute atomic E-state index is 0.265. The van der Waals surface area contributed by atoms with Crippen LogP contribution in [0.15, 0.2) is 36.8 Å². The number of ether oxygens (including phenoxy) is 1. The summed E-state index contributed by atoms with van der Waals surface area (Å²) in [7, 11) is 1.95. The van der Waals surface area contributed by atoms with Gasteiger partial charge in [-0.25, -0.2) is 4.98 Å². The highest BCUT2D eigenvalue weighted by molar-refractivity contribution is 5.35. The molecule has 1 aromatic heterocycles. The largest absolute Gasteiger partial charge is 0.487 e. The number of hydrogen-bond acceptors (Lipinski definition) is 3. The van der Waals surface area contributed by atoms with Crippen LogP contribution < -0.4 is 10.1 Å². The first-order valence-corrected chi connectivity index (χ1v) is 7.03. The summed E-state index contributed by atoms with van der Waals surface area (Å²) in [6, 6.07) is 8.80. The second-order valence-corrected chi connectivity index (χ2v) is 5.22. The van der Waals surface area contributed by atoms with E-state index in [4.69, 9.17) is 4.74 Å². The van der Waals surface area contributed by atoms with Gasteiger partial charge in [-0.05, 0) is 33.9 Å². The van der Waals surface area contributed by atoms with E-state index < -0.39 is 0 Å². The summed E-state index contributed by atoms with van der Waals surface area (Å²) in [6.07, 6.45) is 3.72. The van der Waals surface area contributed by atoms with Crippen molar-refractivity contribution in [1.82, 2.24) is 14.9 Å². The van der Waals surface area contributed by atoms with Crippen LogP contribution in [0.1, 0.15) is 44.1 Å². The summed E-state index contributed by atoms with van der Waals surface area (Å²) in [5.41, 5.74) is 2.26. The van der Waals surface area contributed by atoms with Crippen LogP contribution in [0.2, 0.25) is 0 Å². The zero-order chi connectivity index (χ0) is 14.5. The van der Waals surface area contributed by atoms with Crippen molar-refractivity contribution in [2.75, 3.05) is 7.05 Å². The van der Waals surface area contributed by atoms with Crippen LogP contribution in [0.5, 0.6) is 5.75 Å². The van der Waals surface area contributed by atoms with Gasteiger partial charge in [0.1, 0.15) is 12.4 Å². The van der Waals surface area contributed by atoms with Gasteiger partial charge in [0.15, 0.2) is 0 Å². The first kappa shape index (κ1) is 14.6. The Hall–Kier alpha value is -1.81. The summed E-state index contributed by atoms with van der Waals surface area (Å²) >= 11 is 0. The molecule has 20 heavy (non-hydrogen) atoms. The van der Waals surface area contributed by atoms with Gasteiger partial charge in [0.2, 0.25) is 0 Å². The van der Waals surface area contributed by atoms with Crippen molar-refractivity contribution in [2.24, 2.45) is 0 Å². The number of benzene rings is 1. The summed E-state index contributed by atoms with van der Waals surface area (Å²) in [5, 5.41) is 3.25. The molecular formula is C16H23N3O. The van der Waals surface area contributed by atoms with Gasteiger partial charge in [0.25, 0.3) is 0 Å². The summed E-state index contributed by atoms with van der Waals surface area (Å²) in [6.45, 7) is 6.94. The molecule has 0 saturated heterocycles. The Morgan fingerprint density at radius 1 is 1.25 bits per heavy atom. The van der Waals surface area contributed by atoms with E-state index in [0.717, 1.165) is 11.4 Å². The quantitative estimate of drug-likeness (QED) is 0.877. The van der Waals surface area contributed by atoms with Crippen molar-refractivity contribution in [3.8, 4) is 5.75 Å². The Labute approximate surface area is 120 Å². The van der Waals surface area contributed by atoms with Crippen LogP contribution >= 0.6 is 0 Å². The molecule has 0 amide bonds. The molecule has 1 heterocycles. The first-order valence-electron chi connectivity index (χ1n) is 7.03. The molecular weight excluding hydrogens is 250 g/mol. The third-order valence-corrected chi connectivity index (χ3v) is 3.50. The molecule has 2 rings (SSSR count). The molecule has 0 aliphatic carbocycles. The lowest BCUT2D eigenvalue weighted by Gasteiger charge is -2.17. The van der Waals surface area contributed by atoms with Crippen LogP contribution in [-0.4, -0.2) is 16.6 Å². The van der Waals surface area contributed by atoms with Gasteiger partial charge in [-0.3, -0.25) is 0 Å². The van der Waals surface area contributed by atoms with Crippen LogP contribution in [0.25, 0.3) is 0 Å². The molecule has 0 aliphatic rings. The Morgan fingerprint density at radius 2 is 2.00 bits per heavy atom. The van der Waals surface area contributed by atoms with Crippen molar-refractivity contribution in [3.63, 3.8) is 0 Å². The number of aromatic nitrogens is 2. The van der Waals surface area contributed by atoms with Crippen LogP contribution in [0, 0.1) is 0 Å². The van der Waals surface area contributed by atoms with Crippen molar-refractivity contribution in [1.29, 1.82) is 0 Å². The molecule has 0 spiro atoms. The zero-order valence-corrected chi connectivity index (χ0v) is 12.6. The maximum atomic E-state index is 5.99. The lowest BCUT2D eigenvalue weighted by molar-refractivity contribution is 0.287. The predicted octanol–water partition coefficient (Wildman–Crippen LogP) is 3.32. The van der Waals surface area contributed by atoms with E-state index in [1.54, 1.807) is 0 Å². The average Bonchev–Trinajstić information content (AvgIpc) is 2.93. The lowest BCUT2D eigenvalue weighted by atomic mass is 10.1. The van der Waals surface area contributed by atoms with Gasteiger partial charge >= 0.3 is 0 Å². The molecule has 0 bridgehead atoms. The van der Waals surface area contributed by atoms with Gasteiger partial charge < -0.3 is 14.6 Å². The number of nitrogens with zero attached hydrogens (tertiary/aromatic N) is 2. The van der Waals surface area contributed by atoms with Crippen molar-refractivity contribution >= 4 is 0 Å². The van der Waals surface area contributed by atoms with E-state index in [1.165, 1.54) is 5.56 Å². The number of rotatable bonds is 6. The predicted molar refractivity (Wildman–Crippen MR) is 80.9 cm³/mol. The molecule has 1 aromatic carbocycles. The molecule has 0 saturated carbocycles. The second-order valence-electron chi connectivity index (χ2n) is 5.22. The molecule has 0 radical (unpaired) electrons. The topological polar surface area (TPSA) is 39.1 Å². The van der Waals surface area contributed by atoms with Crippen LogP contribution in [-0.2, 0) is 6.61 Å². The monoisotopic (exact) mass is 273 g/mol. The van der Waals surface area contributed by atoms with Gasteiger partial charge in [-0.1, -0.05) is 18.2 Å². The highest BCUT2D eigenvalue weighted by Crippen LogP contribution is 2.25. The highest BCUT2D eigenvalue weighted by atomic mass is 16.5. The Morgan fingerprint density at radius 3 is 2.70 bits per heavy atom. The van der Waals surface area contributed by atoms with Crippen LogP contribution in [0.4, 0.5) is 0 Å². The SMILES string of the molecule is CNC(C)c1ccccc1OCc1cncn1C(C)C. The second kappa shape index (κ2) is 6.57. The van der Waals surface area contributed by atoms with Gasteiger partial charge in [0, 0.05) is 17.6 Å². The van der Waals surface area contributed by atoms with Crippen LogP contribution in [0.3, 0.4) is 0 Å². The Balaban J connectivity index is 2.13. The zero-order valence-electron chi connectivity index (χ0n) is 12.6. The molecule has 1 N–H and O–H groups in total. The maximum Gasteiger partial charge on any atom is 0.130 e. The van der Waals surface area contributed by atoms with E-state index in [0.29, 0.717) is 12.6 Å². The molecule has 4 heteroatoms. The Bertz CT molecular complexity index is 548. The maximum absolute atomic E-state index is 5.99. The lowest BCUT2D eigenvalue weighted by Crippen LogP contribution is -2.14. The fourth-order valence-corrected chi connectivity index (χ4v) is 2.19. The fraction of sp³-hybridized carbons (Fsp3) is 0.438. The van der Waals surface area contributed by atoms with Gasteiger partial charge in [-0.2, -0.15) is 0 Å². The molecule has 0 fully saturated rings. The third kappa shape index (κ3) is 3.20. The normalized spacial score (nSPS) is 12.7. The average molecular weight is 273 g/mol. The molecule has 0 aliphatic heterocycles. The number of imidazole rings is 1. The fourth-order valence-electron chi connectivity index (χ4n) is 2.19. The number of para-hydroxylation sites is 1. The Kier molecular flexibility index (Phi) is 4.79. The van der Waals surface area contributed by atoms with Crippen molar-refractivity contribution < 1.29 is 4.74 Å². The van der Waals surface area contributed by atoms with E-state index in [1.807, 2.05) is 37.8 Å². The summed E-state index contributed by atoms with van der Waals surface area (Å²) in [5.74, 6) is 0.922. The minimum Gasteiger partial charge on any atom is -0.487 e. The molecule has 108 valence electrons. The standard InChI is InChI=1S/C16H23N3O/c1-12(2)19-11-18-9-14(19)10-20-16-8-6-5-7-15(16)13(3)17-4/h5-9,11-13,17H,10H2,1-4H3. The molecule has 1 atom stereocenters. The van der Waals surface area contributed by atoms with Gasteiger partial charge in [-0.15, -0.1) is 0 Å². The summed E-state index contributed by atoms with van der Waals surface area (Å²) in [4.78, 5) is 4.20. The summed E-state index contributed by atoms with van der Waals surface area (Å²) < 4.78 is 8.12. The van der Waals surface area contributed by atoms with Crippen molar-refractivity contribution in [3.05, 3.63) is 48.0 Å². The third-order valence-electron chi connectivity index (χ3n) is 3.50. The van der Waals surface area contributed by atoms with E-state index >= 15 is 0 Å². The van der Waals surface area contributed by atoms with Gasteiger partial charge in [0.05, 0.1) is 18.2 Å². The molecule has 2 aromatic rings. The molecule has 4 nitrogen and oxygen atoms in total. The molecule has 1 unspecified atom stereocenters. The highest BCUT2D eigenvalue weighted by Gasteiger charge is 2.11. The number of hydrogen-bond donors (Lipinski definition) is 1. The van der Waals surface area contributed by atoms with Crippen molar-refractivity contribution in [2.45, 2.75) is 39.5 Å². The number of nitrogens with one attached hydrogen (secondary N) is 1. The van der Waals surface area contributed by atoms with E-state index in [9.17, 15) is 0 Å². The smallest absolute Gasteiger partial charge is 0.130 e. The van der Waals surface area contributed by atoms with E-state index in [-0.39, 0.29) is 6.04 Å². The first-order chi connectivity index (χ1) is 9.63. The minimum atomic E-state index is 0.265. The van der Waals surface area contributed by atoms with E-state index in [2.05, 4.69) is 41.7 Å².